The van der Waals surface area contributed by atoms with E-state index in [0.29, 0.717) is 12.0 Å². The van der Waals surface area contributed by atoms with E-state index in [-0.39, 0.29) is 29.7 Å². The van der Waals surface area contributed by atoms with Gasteiger partial charge in [0.2, 0.25) is 0 Å². The van der Waals surface area contributed by atoms with E-state index in [1.807, 2.05) is 0 Å². The summed E-state index contributed by atoms with van der Waals surface area (Å²) in [5.41, 5.74) is 0.646. The zero-order chi connectivity index (χ0) is 14.4. The summed E-state index contributed by atoms with van der Waals surface area (Å²) < 4.78 is 12.9. The third-order valence-electron chi connectivity index (χ3n) is 2.72. The molecule has 0 aliphatic carbocycles. The second-order valence-electron chi connectivity index (χ2n) is 4.42. The summed E-state index contributed by atoms with van der Waals surface area (Å²) in [4.78, 5) is 11.7. The third kappa shape index (κ3) is 5.04. The lowest BCUT2D eigenvalue weighted by Crippen LogP contribution is -2.42. The minimum atomic E-state index is -0.415. The van der Waals surface area contributed by atoms with Crippen LogP contribution in [0.5, 0.6) is 0 Å². The fourth-order valence-electron chi connectivity index (χ4n) is 1.66. The molecule has 0 aliphatic rings. The summed E-state index contributed by atoms with van der Waals surface area (Å²) in [6.07, 6.45) is 0.485. The maximum atomic E-state index is 12.9. The molecule has 0 heterocycles. The average Bonchev–Trinajstić information content (AvgIpc) is 2.28. The van der Waals surface area contributed by atoms with Gasteiger partial charge in [-0.25, -0.2) is 9.18 Å². The van der Waals surface area contributed by atoms with Crippen LogP contribution in [0.2, 0.25) is 5.02 Å². The van der Waals surface area contributed by atoms with Crippen molar-refractivity contribution < 1.29 is 14.3 Å². The van der Waals surface area contributed by atoms with Crippen LogP contribution in [-0.4, -0.2) is 23.8 Å². The van der Waals surface area contributed by atoms with Gasteiger partial charge < -0.3 is 15.7 Å². The Morgan fingerprint density at radius 2 is 2.11 bits per heavy atom. The minimum Gasteiger partial charge on any atom is -0.396 e. The molecule has 0 fully saturated rings. The lowest BCUT2D eigenvalue weighted by Gasteiger charge is -2.18. The van der Waals surface area contributed by atoms with Crippen LogP contribution in [0.3, 0.4) is 0 Å². The van der Waals surface area contributed by atoms with Crippen LogP contribution < -0.4 is 10.6 Å². The molecule has 2 atom stereocenters. The maximum Gasteiger partial charge on any atom is 0.315 e. The number of aliphatic hydroxyl groups is 1. The van der Waals surface area contributed by atoms with E-state index < -0.39 is 5.82 Å². The molecule has 0 spiro atoms. The first-order valence-corrected chi connectivity index (χ1v) is 6.44. The van der Waals surface area contributed by atoms with Crippen molar-refractivity contribution in [1.82, 2.24) is 10.6 Å². The predicted octanol–water partition coefficient (Wildman–Crippen LogP) is 2.61. The van der Waals surface area contributed by atoms with Crippen molar-refractivity contribution in [2.45, 2.75) is 32.4 Å². The Bertz CT molecular complexity index is 443. The van der Waals surface area contributed by atoms with E-state index in [1.165, 1.54) is 12.1 Å². The Balaban J connectivity index is 2.59. The van der Waals surface area contributed by atoms with Crippen LogP contribution in [0.4, 0.5) is 9.18 Å². The molecule has 1 aromatic carbocycles. The van der Waals surface area contributed by atoms with Crippen molar-refractivity contribution in [3.63, 3.8) is 0 Å². The Morgan fingerprint density at radius 3 is 2.68 bits per heavy atom. The maximum absolute atomic E-state index is 12.9. The van der Waals surface area contributed by atoms with Crippen LogP contribution in [-0.2, 0) is 0 Å². The number of benzene rings is 1. The van der Waals surface area contributed by atoms with Crippen LogP contribution in [0, 0.1) is 5.82 Å². The number of amides is 2. The number of carbonyl (C=O) groups excluding carboxylic acids is 1. The van der Waals surface area contributed by atoms with E-state index in [0.717, 1.165) is 0 Å². The molecule has 106 valence electrons. The highest BCUT2D eigenvalue weighted by Crippen LogP contribution is 2.23. The lowest BCUT2D eigenvalue weighted by molar-refractivity contribution is 0.228. The molecule has 3 N–H and O–H groups in total. The first-order valence-electron chi connectivity index (χ1n) is 6.07. The summed E-state index contributed by atoms with van der Waals surface area (Å²) in [6.45, 7) is 3.57. The average molecular weight is 289 g/mol. The molecular formula is C13H18ClFN2O2. The van der Waals surface area contributed by atoms with Crippen molar-refractivity contribution in [3.8, 4) is 0 Å². The van der Waals surface area contributed by atoms with Gasteiger partial charge in [0.05, 0.1) is 6.04 Å². The molecule has 0 aromatic heterocycles. The topological polar surface area (TPSA) is 61.4 Å². The summed E-state index contributed by atoms with van der Waals surface area (Å²) in [6, 6.07) is 3.23. The monoisotopic (exact) mass is 288 g/mol. The molecule has 1 aromatic rings. The normalized spacial score (nSPS) is 13.7. The van der Waals surface area contributed by atoms with Crippen LogP contribution >= 0.6 is 11.6 Å². The van der Waals surface area contributed by atoms with Crippen LogP contribution in [0.25, 0.3) is 0 Å². The van der Waals surface area contributed by atoms with Gasteiger partial charge in [0, 0.05) is 17.7 Å². The Kier molecular flexibility index (Phi) is 6.05. The summed E-state index contributed by atoms with van der Waals surface area (Å²) in [7, 11) is 0. The summed E-state index contributed by atoms with van der Waals surface area (Å²) >= 11 is 5.92. The predicted molar refractivity (Wildman–Crippen MR) is 72.7 cm³/mol. The van der Waals surface area contributed by atoms with E-state index in [1.54, 1.807) is 19.9 Å². The Labute approximate surface area is 117 Å². The lowest BCUT2D eigenvalue weighted by atomic mass is 10.1. The largest absolute Gasteiger partial charge is 0.396 e. The number of aliphatic hydroxyl groups excluding tert-OH is 1. The molecule has 0 bridgehead atoms. The third-order valence-corrected chi connectivity index (χ3v) is 3.04. The quantitative estimate of drug-likeness (QED) is 0.780. The fourth-order valence-corrected chi connectivity index (χ4v) is 1.99. The van der Waals surface area contributed by atoms with E-state index >= 15 is 0 Å². The minimum absolute atomic E-state index is 0.0147. The molecule has 1 rings (SSSR count). The van der Waals surface area contributed by atoms with Crippen LogP contribution in [0.1, 0.15) is 31.9 Å². The highest BCUT2D eigenvalue weighted by molar-refractivity contribution is 6.31. The van der Waals surface area contributed by atoms with Crippen molar-refractivity contribution in [2.24, 2.45) is 0 Å². The first kappa shape index (κ1) is 15.7. The van der Waals surface area contributed by atoms with Crippen molar-refractivity contribution in [3.05, 3.63) is 34.6 Å². The molecule has 0 saturated heterocycles. The fraction of sp³-hybridized carbons (Fsp3) is 0.462. The molecule has 0 saturated carbocycles. The van der Waals surface area contributed by atoms with Crippen LogP contribution in [0.15, 0.2) is 18.2 Å². The van der Waals surface area contributed by atoms with Gasteiger partial charge in [-0.05, 0) is 38.0 Å². The highest BCUT2D eigenvalue weighted by Gasteiger charge is 2.14. The second kappa shape index (κ2) is 7.31. The number of rotatable bonds is 5. The number of hydrogen-bond acceptors (Lipinski definition) is 2. The van der Waals surface area contributed by atoms with Gasteiger partial charge in [-0.1, -0.05) is 17.7 Å². The highest BCUT2D eigenvalue weighted by atomic mass is 35.5. The van der Waals surface area contributed by atoms with Crippen molar-refractivity contribution in [1.29, 1.82) is 0 Å². The van der Waals surface area contributed by atoms with E-state index in [9.17, 15) is 9.18 Å². The second-order valence-corrected chi connectivity index (χ2v) is 4.83. The van der Waals surface area contributed by atoms with Gasteiger partial charge in [0.1, 0.15) is 5.82 Å². The Hall–Kier alpha value is -1.33. The van der Waals surface area contributed by atoms with Crippen molar-refractivity contribution >= 4 is 17.6 Å². The molecular weight excluding hydrogens is 271 g/mol. The number of urea groups is 1. The molecule has 1 unspecified atom stereocenters. The zero-order valence-corrected chi connectivity index (χ0v) is 11.7. The molecule has 19 heavy (non-hydrogen) atoms. The van der Waals surface area contributed by atoms with Gasteiger partial charge in [-0.15, -0.1) is 0 Å². The van der Waals surface area contributed by atoms with Gasteiger partial charge in [-0.3, -0.25) is 0 Å². The molecule has 6 heteroatoms. The van der Waals surface area contributed by atoms with E-state index in [2.05, 4.69) is 10.6 Å². The molecule has 0 aliphatic heterocycles. The van der Waals surface area contributed by atoms with Crippen molar-refractivity contribution in [2.75, 3.05) is 6.61 Å². The number of halogens is 2. The molecule has 2 amide bonds. The SMILES string of the molecule is CC(NC(=O)N[C@H](C)CCO)c1ccc(F)cc1Cl. The Morgan fingerprint density at radius 1 is 1.42 bits per heavy atom. The van der Waals surface area contributed by atoms with Gasteiger partial charge >= 0.3 is 6.03 Å². The number of nitrogens with one attached hydrogen (secondary N) is 2. The first-order chi connectivity index (χ1) is 8.93. The van der Waals surface area contributed by atoms with Gasteiger partial charge in [0.25, 0.3) is 0 Å². The summed E-state index contributed by atoms with van der Waals surface area (Å²) in [5, 5.41) is 14.4. The van der Waals surface area contributed by atoms with Gasteiger partial charge in [-0.2, -0.15) is 0 Å². The smallest absolute Gasteiger partial charge is 0.315 e. The number of hydrogen-bond donors (Lipinski definition) is 3. The summed E-state index contributed by atoms with van der Waals surface area (Å²) in [5.74, 6) is -0.415. The standard InChI is InChI=1S/C13H18ClFN2O2/c1-8(5-6-18)16-13(19)17-9(2)11-4-3-10(15)7-12(11)14/h3-4,7-9,18H,5-6H2,1-2H3,(H2,16,17,19)/t8-,9?/m1/s1. The number of carbonyl (C=O) groups is 1. The molecule has 0 radical (unpaired) electrons. The van der Waals surface area contributed by atoms with E-state index in [4.69, 9.17) is 16.7 Å². The van der Waals surface area contributed by atoms with Gasteiger partial charge in [0.15, 0.2) is 0 Å². The molecule has 4 nitrogen and oxygen atoms in total. The zero-order valence-electron chi connectivity index (χ0n) is 10.9.